The van der Waals surface area contributed by atoms with E-state index in [2.05, 4.69) is 5.32 Å². The third kappa shape index (κ3) is 5.46. The second kappa shape index (κ2) is 8.34. The van der Waals surface area contributed by atoms with Gasteiger partial charge in [-0.25, -0.2) is 0 Å². The molecule has 25 heavy (non-hydrogen) atoms. The second-order valence-electron chi connectivity index (χ2n) is 6.56. The molecule has 0 aliphatic carbocycles. The molecule has 0 unspecified atom stereocenters. The summed E-state index contributed by atoms with van der Waals surface area (Å²) >= 11 is 6.12. The molecule has 0 spiro atoms. The number of carboxylic acids is 1. The van der Waals surface area contributed by atoms with Crippen LogP contribution in [0.2, 0.25) is 5.02 Å². The number of aliphatic carboxylic acids is 1. The van der Waals surface area contributed by atoms with E-state index in [-0.39, 0.29) is 24.7 Å². The summed E-state index contributed by atoms with van der Waals surface area (Å²) in [5.41, 5.74) is 0.283. The number of nitrogens with zero attached hydrogens (tertiary/aromatic N) is 1. The molecule has 2 N–H and O–H groups in total. The number of hydrogen-bond donors (Lipinski definition) is 2. The van der Waals surface area contributed by atoms with E-state index >= 15 is 0 Å². The number of benzene rings is 1. The van der Waals surface area contributed by atoms with E-state index in [1.165, 1.54) is 0 Å². The van der Waals surface area contributed by atoms with Gasteiger partial charge in [-0.05, 0) is 30.9 Å². The molecule has 0 radical (unpaired) electrons. The lowest BCUT2D eigenvalue weighted by atomic mass is 9.86. The molecule has 2 amide bonds. The molecule has 1 atom stereocenters. The molecule has 1 aliphatic heterocycles. The zero-order valence-electron chi connectivity index (χ0n) is 14.3. The van der Waals surface area contributed by atoms with Crippen molar-refractivity contribution in [3.05, 3.63) is 34.9 Å². The Hall–Kier alpha value is -2.08. The van der Waals surface area contributed by atoms with Crippen LogP contribution in [0.25, 0.3) is 0 Å². The molecule has 1 aromatic rings. The van der Waals surface area contributed by atoms with Crippen LogP contribution in [-0.4, -0.2) is 40.4 Å². The second-order valence-corrected chi connectivity index (χ2v) is 6.97. The summed E-state index contributed by atoms with van der Waals surface area (Å²) in [7, 11) is 1.71. The summed E-state index contributed by atoms with van der Waals surface area (Å²) in [5, 5.41) is 12.4. The van der Waals surface area contributed by atoms with E-state index in [9.17, 15) is 14.4 Å². The van der Waals surface area contributed by atoms with Gasteiger partial charge in [-0.3, -0.25) is 14.4 Å². The van der Waals surface area contributed by atoms with Crippen molar-refractivity contribution < 1.29 is 19.5 Å². The van der Waals surface area contributed by atoms with Gasteiger partial charge < -0.3 is 15.3 Å². The maximum atomic E-state index is 12.4. The maximum Gasteiger partial charge on any atom is 0.303 e. The number of rotatable bonds is 8. The molecule has 1 aromatic carbocycles. The van der Waals surface area contributed by atoms with Crippen LogP contribution in [0, 0.1) is 0 Å². The molecular weight excluding hydrogens is 344 g/mol. The van der Waals surface area contributed by atoms with Gasteiger partial charge in [0.25, 0.3) is 0 Å². The van der Waals surface area contributed by atoms with E-state index in [1.54, 1.807) is 18.0 Å². The first-order valence-electron chi connectivity index (χ1n) is 8.31. The van der Waals surface area contributed by atoms with Gasteiger partial charge in [0, 0.05) is 43.4 Å². The van der Waals surface area contributed by atoms with Gasteiger partial charge in [-0.1, -0.05) is 29.8 Å². The molecule has 0 saturated carbocycles. The Labute approximate surface area is 152 Å². The third-order valence-electron chi connectivity index (χ3n) is 4.66. The molecule has 6 nitrogen and oxygen atoms in total. The predicted molar refractivity (Wildman–Crippen MR) is 94.1 cm³/mol. The number of amides is 2. The Bertz CT molecular complexity index is 664. The van der Waals surface area contributed by atoms with Crippen molar-refractivity contribution in [2.45, 2.75) is 50.6 Å². The summed E-state index contributed by atoms with van der Waals surface area (Å²) in [6.45, 7) is 0.410. The molecule has 1 saturated heterocycles. The van der Waals surface area contributed by atoms with Crippen molar-refractivity contribution in [1.29, 1.82) is 0 Å². The fourth-order valence-electron chi connectivity index (χ4n) is 3.13. The van der Waals surface area contributed by atoms with E-state index in [0.717, 1.165) is 5.56 Å². The summed E-state index contributed by atoms with van der Waals surface area (Å²) in [6.07, 6.45) is 1.96. The first-order chi connectivity index (χ1) is 11.8. The minimum Gasteiger partial charge on any atom is -0.481 e. The number of nitrogens with one attached hydrogen (secondary N) is 1. The zero-order valence-corrected chi connectivity index (χ0v) is 15.0. The van der Waals surface area contributed by atoms with Crippen molar-refractivity contribution in [3.8, 4) is 0 Å². The number of carboxylic acid groups (broad SMARTS) is 1. The number of carbonyl (C=O) groups is 3. The van der Waals surface area contributed by atoms with Crippen LogP contribution in [-0.2, 0) is 20.9 Å². The van der Waals surface area contributed by atoms with Crippen LogP contribution >= 0.6 is 11.6 Å². The third-order valence-corrected chi connectivity index (χ3v) is 5.03. The standard InChI is InChI=1S/C18H23ClN2O4/c1-21(12-13-4-2-3-5-14(13)19)16(23)7-10-18(11-8-17(24)25)9-6-15(22)20-18/h2-5H,6-12H2,1H3,(H,20,22)(H,24,25)/t18-/m1/s1. The van der Waals surface area contributed by atoms with Crippen LogP contribution in [0.4, 0.5) is 0 Å². The number of carbonyl (C=O) groups excluding carboxylic acids is 2. The maximum absolute atomic E-state index is 12.4. The van der Waals surface area contributed by atoms with E-state index in [1.807, 2.05) is 18.2 Å². The minimum absolute atomic E-state index is 0.0239. The topological polar surface area (TPSA) is 86.7 Å². The molecule has 2 rings (SSSR count). The molecule has 0 bridgehead atoms. The van der Waals surface area contributed by atoms with Gasteiger partial charge in [0.15, 0.2) is 0 Å². The van der Waals surface area contributed by atoms with E-state index < -0.39 is 11.5 Å². The SMILES string of the molecule is CN(Cc1ccccc1Cl)C(=O)CC[C@@]1(CCC(=O)O)CCC(=O)N1. The number of hydrogen-bond acceptors (Lipinski definition) is 3. The summed E-state index contributed by atoms with van der Waals surface area (Å²) in [5.74, 6) is -1.04. The average molecular weight is 367 g/mol. The van der Waals surface area contributed by atoms with Crippen molar-refractivity contribution in [2.75, 3.05) is 7.05 Å². The van der Waals surface area contributed by atoms with E-state index in [0.29, 0.717) is 37.3 Å². The fourth-order valence-corrected chi connectivity index (χ4v) is 3.32. The Morgan fingerprint density at radius 3 is 2.56 bits per heavy atom. The van der Waals surface area contributed by atoms with Gasteiger partial charge in [-0.2, -0.15) is 0 Å². The highest BCUT2D eigenvalue weighted by molar-refractivity contribution is 6.31. The number of halogens is 1. The van der Waals surface area contributed by atoms with Gasteiger partial charge in [0.05, 0.1) is 0 Å². The average Bonchev–Trinajstić information content (AvgIpc) is 2.94. The lowest BCUT2D eigenvalue weighted by molar-refractivity contribution is -0.137. The van der Waals surface area contributed by atoms with Gasteiger partial charge in [0.2, 0.25) is 11.8 Å². The van der Waals surface area contributed by atoms with Crippen LogP contribution in [0.5, 0.6) is 0 Å². The Balaban J connectivity index is 1.92. The fraction of sp³-hybridized carbons (Fsp3) is 0.500. The van der Waals surface area contributed by atoms with Gasteiger partial charge in [0.1, 0.15) is 0 Å². The molecule has 136 valence electrons. The van der Waals surface area contributed by atoms with Crippen LogP contribution < -0.4 is 5.32 Å². The molecule has 1 heterocycles. The summed E-state index contributed by atoms with van der Waals surface area (Å²) in [6, 6.07) is 7.36. The largest absolute Gasteiger partial charge is 0.481 e. The molecule has 1 fully saturated rings. The van der Waals surface area contributed by atoms with E-state index in [4.69, 9.17) is 16.7 Å². The Morgan fingerprint density at radius 1 is 1.28 bits per heavy atom. The molecule has 7 heteroatoms. The molecule has 0 aromatic heterocycles. The lowest BCUT2D eigenvalue weighted by Gasteiger charge is -2.29. The van der Waals surface area contributed by atoms with Gasteiger partial charge >= 0.3 is 5.97 Å². The first kappa shape index (κ1) is 19.2. The van der Waals surface area contributed by atoms with Gasteiger partial charge in [-0.15, -0.1) is 0 Å². The minimum atomic E-state index is -0.900. The van der Waals surface area contributed by atoms with Crippen molar-refractivity contribution in [1.82, 2.24) is 10.2 Å². The quantitative estimate of drug-likeness (QED) is 0.740. The first-order valence-corrected chi connectivity index (χ1v) is 8.69. The molecule has 1 aliphatic rings. The summed E-state index contributed by atoms with van der Waals surface area (Å²) < 4.78 is 0. The lowest BCUT2D eigenvalue weighted by Crippen LogP contribution is -2.43. The van der Waals surface area contributed by atoms with Crippen LogP contribution in [0.3, 0.4) is 0 Å². The van der Waals surface area contributed by atoms with Crippen molar-refractivity contribution in [3.63, 3.8) is 0 Å². The van der Waals surface area contributed by atoms with Crippen molar-refractivity contribution >= 4 is 29.4 Å². The summed E-state index contributed by atoms with van der Waals surface area (Å²) in [4.78, 5) is 36.5. The Morgan fingerprint density at radius 2 is 1.96 bits per heavy atom. The highest BCUT2D eigenvalue weighted by Crippen LogP contribution is 2.30. The normalized spacial score (nSPS) is 19.5. The highest BCUT2D eigenvalue weighted by atomic mass is 35.5. The molecular formula is C18H23ClN2O4. The smallest absolute Gasteiger partial charge is 0.303 e. The Kier molecular flexibility index (Phi) is 6.42. The highest BCUT2D eigenvalue weighted by Gasteiger charge is 2.38. The zero-order chi connectivity index (χ0) is 18.4. The van der Waals surface area contributed by atoms with Crippen LogP contribution in [0.15, 0.2) is 24.3 Å². The van der Waals surface area contributed by atoms with Crippen molar-refractivity contribution in [2.24, 2.45) is 0 Å². The predicted octanol–water partition coefficient (Wildman–Crippen LogP) is 2.59. The monoisotopic (exact) mass is 366 g/mol. The van der Waals surface area contributed by atoms with Crippen LogP contribution in [0.1, 0.15) is 44.1 Å².